The molecule has 88 valence electrons. The lowest BCUT2D eigenvalue weighted by Crippen LogP contribution is -2.17. The summed E-state index contributed by atoms with van der Waals surface area (Å²) in [5.74, 6) is -0.312. The predicted molar refractivity (Wildman–Crippen MR) is 69.5 cm³/mol. The Morgan fingerprint density at radius 1 is 0.889 bits per heavy atom. The van der Waals surface area contributed by atoms with Gasteiger partial charge in [0.25, 0.3) is 5.56 Å². The maximum Gasteiger partial charge on any atom is 0.262 e. The number of hydrogen-bond donors (Lipinski definition) is 0. The molecule has 2 aromatic carbocycles. The lowest BCUT2D eigenvalue weighted by molar-refractivity contribution is 0.627. The van der Waals surface area contributed by atoms with E-state index in [4.69, 9.17) is 0 Å². The minimum Gasteiger partial charge on any atom is -0.284 e. The fourth-order valence-corrected chi connectivity index (χ4v) is 1.99. The minimum atomic E-state index is -0.312. The molecule has 0 spiro atoms. The van der Waals surface area contributed by atoms with E-state index in [1.54, 1.807) is 24.4 Å². The van der Waals surface area contributed by atoms with Gasteiger partial charge in [-0.2, -0.15) is 0 Å². The third-order valence-corrected chi connectivity index (χ3v) is 2.92. The maximum atomic E-state index is 12.9. The van der Waals surface area contributed by atoms with Gasteiger partial charge in [-0.1, -0.05) is 18.2 Å². The van der Waals surface area contributed by atoms with Gasteiger partial charge < -0.3 is 0 Å². The molecule has 0 atom stereocenters. The summed E-state index contributed by atoms with van der Waals surface area (Å²) in [7, 11) is 0. The van der Waals surface area contributed by atoms with Crippen molar-refractivity contribution in [3.05, 3.63) is 77.0 Å². The number of benzene rings is 2. The Morgan fingerprint density at radius 2 is 1.61 bits per heavy atom. The van der Waals surface area contributed by atoms with E-state index in [-0.39, 0.29) is 11.4 Å². The van der Waals surface area contributed by atoms with Crippen LogP contribution in [-0.2, 0) is 0 Å². The van der Waals surface area contributed by atoms with E-state index in [2.05, 4.69) is 0 Å². The summed E-state index contributed by atoms with van der Waals surface area (Å²) in [4.78, 5) is 12.3. The smallest absolute Gasteiger partial charge is 0.262 e. The third-order valence-electron chi connectivity index (χ3n) is 2.92. The number of pyridine rings is 1. The first kappa shape index (κ1) is 10.7. The summed E-state index contributed by atoms with van der Waals surface area (Å²) in [6.07, 6.45) is 1.71. The molecular weight excluding hydrogens is 229 g/mol. The van der Waals surface area contributed by atoms with E-state index in [9.17, 15) is 9.18 Å². The van der Waals surface area contributed by atoms with Crippen molar-refractivity contribution < 1.29 is 4.39 Å². The molecule has 0 aliphatic rings. The molecule has 0 unspecified atom stereocenters. The first-order valence-electron chi connectivity index (χ1n) is 5.62. The predicted octanol–water partition coefficient (Wildman–Crippen LogP) is 3.13. The highest BCUT2D eigenvalue weighted by Crippen LogP contribution is 2.12. The zero-order valence-electron chi connectivity index (χ0n) is 9.51. The van der Waals surface area contributed by atoms with E-state index < -0.39 is 0 Å². The van der Waals surface area contributed by atoms with Gasteiger partial charge >= 0.3 is 0 Å². The van der Waals surface area contributed by atoms with E-state index in [1.807, 2.05) is 24.3 Å². The van der Waals surface area contributed by atoms with Crippen molar-refractivity contribution in [2.45, 2.75) is 0 Å². The highest BCUT2D eigenvalue weighted by molar-refractivity contribution is 5.81. The van der Waals surface area contributed by atoms with Gasteiger partial charge in [0.05, 0.1) is 0 Å². The van der Waals surface area contributed by atoms with Gasteiger partial charge in [-0.3, -0.25) is 9.36 Å². The van der Waals surface area contributed by atoms with Crippen LogP contribution in [0.25, 0.3) is 16.5 Å². The van der Waals surface area contributed by atoms with Crippen LogP contribution < -0.4 is 5.56 Å². The van der Waals surface area contributed by atoms with Gasteiger partial charge in [0.2, 0.25) is 0 Å². The summed E-state index contributed by atoms with van der Waals surface area (Å²) in [5, 5.41) is 1.56. The van der Waals surface area contributed by atoms with Crippen molar-refractivity contribution in [3.8, 4) is 5.69 Å². The van der Waals surface area contributed by atoms with Crippen LogP contribution in [-0.4, -0.2) is 4.57 Å². The normalized spacial score (nSPS) is 10.7. The third kappa shape index (κ3) is 1.70. The van der Waals surface area contributed by atoms with Crippen molar-refractivity contribution in [1.82, 2.24) is 4.57 Å². The second-order valence-electron chi connectivity index (χ2n) is 4.05. The number of hydrogen-bond acceptors (Lipinski definition) is 1. The number of aromatic nitrogens is 1. The van der Waals surface area contributed by atoms with E-state index in [0.29, 0.717) is 11.1 Å². The standard InChI is InChI=1S/C15H10FNO/c16-12-5-7-13(8-6-12)17-10-9-11-3-1-2-4-14(11)15(17)18/h1-10H. The molecule has 0 N–H and O–H groups in total. The van der Waals surface area contributed by atoms with Gasteiger partial charge in [-0.05, 0) is 41.8 Å². The fourth-order valence-electron chi connectivity index (χ4n) is 1.99. The van der Waals surface area contributed by atoms with Crippen molar-refractivity contribution in [2.24, 2.45) is 0 Å². The first-order chi connectivity index (χ1) is 8.75. The Kier molecular flexibility index (Phi) is 2.45. The average molecular weight is 239 g/mol. The Bertz CT molecular complexity index is 759. The second-order valence-corrected chi connectivity index (χ2v) is 4.05. The van der Waals surface area contributed by atoms with Crippen molar-refractivity contribution in [2.75, 3.05) is 0 Å². The van der Waals surface area contributed by atoms with Crippen molar-refractivity contribution in [3.63, 3.8) is 0 Å². The summed E-state index contributed by atoms with van der Waals surface area (Å²) in [6, 6.07) is 15.1. The summed E-state index contributed by atoms with van der Waals surface area (Å²) < 4.78 is 14.4. The molecule has 3 aromatic rings. The molecule has 2 nitrogen and oxygen atoms in total. The Labute approximate surface area is 103 Å². The van der Waals surface area contributed by atoms with Gasteiger partial charge in [0.15, 0.2) is 0 Å². The molecule has 3 rings (SSSR count). The average Bonchev–Trinajstić information content (AvgIpc) is 2.41. The van der Waals surface area contributed by atoms with Crippen molar-refractivity contribution in [1.29, 1.82) is 0 Å². The van der Waals surface area contributed by atoms with Crippen LogP contribution >= 0.6 is 0 Å². The molecule has 0 aliphatic heterocycles. The van der Waals surface area contributed by atoms with Crippen LogP contribution in [0.15, 0.2) is 65.6 Å². The topological polar surface area (TPSA) is 22.0 Å². The number of nitrogens with zero attached hydrogens (tertiary/aromatic N) is 1. The molecule has 0 fully saturated rings. The van der Waals surface area contributed by atoms with Crippen LogP contribution in [0.2, 0.25) is 0 Å². The Morgan fingerprint density at radius 3 is 2.39 bits per heavy atom. The lowest BCUT2D eigenvalue weighted by atomic mass is 10.2. The highest BCUT2D eigenvalue weighted by Gasteiger charge is 2.03. The Hall–Kier alpha value is -2.42. The van der Waals surface area contributed by atoms with Crippen molar-refractivity contribution >= 4 is 10.8 Å². The van der Waals surface area contributed by atoms with Crippen LogP contribution in [0.1, 0.15) is 0 Å². The maximum absolute atomic E-state index is 12.9. The molecule has 18 heavy (non-hydrogen) atoms. The molecule has 0 aliphatic carbocycles. The molecule has 0 saturated heterocycles. The Balaban J connectivity index is 2.27. The summed E-state index contributed by atoms with van der Waals surface area (Å²) in [6.45, 7) is 0. The number of rotatable bonds is 1. The number of halogens is 1. The van der Waals surface area contributed by atoms with Crippen LogP contribution in [0.3, 0.4) is 0 Å². The minimum absolute atomic E-state index is 0.0975. The molecule has 3 heteroatoms. The number of fused-ring (bicyclic) bond motifs is 1. The van der Waals surface area contributed by atoms with Gasteiger partial charge in [-0.25, -0.2) is 4.39 Å². The van der Waals surface area contributed by atoms with E-state index in [1.165, 1.54) is 16.7 Å². The second kappa shape index (κ2) is 4.11. The zero-order valence-corrected chi connectivity index (χ0v) is 9.51. The molecule has 0 bridgehead atoms. The van der Waals surface area contributed by atoms with Gasteiger partial charge in [0, 0.05) is 17.3 Å². The van der Waals surface area contributed by atoms with E-state index in [0.717, 1.165) is 5.39 Å². The van der Waals surface area contributed by atoms with Gasteiger partial charge in [-0.15, -0.1) is 0 Å². The SMILES string of the molecule is O=c1c2ccccc2ccn1-c1ccc(F)cc1. The van der Waals surface area contributed by atoms with Gasteiger partial charge in [0.1, 0.15) is 5.82 Å². The first-order valence-corrected chi connectivity index (χ1v) is 5.62. The van der Waals surface area contributed by atoms with Crippen LogP contribution in [0, 0.1) is 5.82 Å². The highest BCUT2D eigenvalue weighted by atomic mass is 19.1. The molecule has 0 radical (unpaired) electrons. The lowest BCUT2D eigenvalue weighted by Gasteiger charge is -2.06. The molecule has 0 saturated carbocycles. The quantitative estimate of drug-likeness (QED) is 0.639. The molecule has 1 aromatic heterocycles. The van der Waals surface area contributed by atoms with Crippen LogP contribution in [0.5, 0.6) is 0 Å². The summed E-state index contributed by atoms with van der Waals surface area (Å²) >= 11 is 0. The fraction of sp³-hybridized carbons (Fsp3) is 0. The molecule has 1 heterocycles. The molecular formula is C15H10FNO. The largest absolute Gasteiger partial charge is 0.284 e. The van der Waals surface area contributed by atoms with E-state index >= 15 is 0 Å². The summed E-state index contributed by atoms with van der Waals surface area (Å²) in [5.41, 5.74) is 0.562. The molecule has 0 amide bonds. The monoisotopic (exact) mass is 239 g/mol. The van der Waals surface area contributed by atoms with Crippen LogP contribution in [0.4, 0.5) is 4.39 Å². The zero-order chi connectivity index (χ0) is 12.5.